The van der Waals surface area contributed by atoms with Gasteiger partial charge in [-0.15, -0.1) is 0 Å². The average Bonchev–Trinajstić information content (AvgIpc) is 2.53. The first kappa shape index (κ1) is 16.2. The van der Waals surface area contributed by atoms with Crippen LogP contribution in [0.25, 0.3) is 0 Å². The zero-order chi connectivity index (χ0) is 15.1. The van der Waals surface area contributed by atoms with Crippen LogP contribution >= 0.6 is 12.0 Å². The van der Waals surface area contributed by atoms with Crippen LogP contribution in [-0.4, -0.2) is 57.6 Å². The summed E-state index contributed by atoms with van der Waals surface area (Å²) < 4.78 is 10.1. The van der Waals surface area contributed by atoms with E-state index in [9.17, 15) is 0 Å². The van der Waals surface area contributed by atoms with Crippen LogP contribution in [0.1, 0.15) is 0 Å². The highest BCUT2D eigenvalue weighted by Gasteiger charge is 2.17. The lowest BCUT2D eigenvalue weighted by Gasteiger charge is -2.36. The van der Waals surface area contributed by atoms with Gasteiger partial charge in [0.25, 0.3) is 0 Å². The highest BCUT2D eigenvalue weighted by atomic mass is 32.2. The quantitative estimate of drug-likeness (QED) is 0.270. The van der Waals surface area contributed by atoms with E-state index in [1.54, 1.807) is 7.11 Å². The summed E-state index contributed by atoms with van der Waals surface area (Å²) in [4.78, 5) is 9.34. The van der Waals surface area contributed by atoms with Crippen LogP contribution in [0.3, 0.4) is 0 Å². The van der Waals surface area contributed by atoms with Crippen molar-refractivity contribution < 1.29 is 14.0 Å². The van der Waals surface area contributed by atoms with E-state index in [0.29, 0.717) is 5.69 Å². The molecular weight excluding hydrogens is 290 g/mol. The maximum atomic E-state index is 5.85. The van der Waals surface area contributed by atoms with Crippen molar-refractivity contribution in [2.45, 2.75) is 0 Å². The normalized spacial score (nSPS) is 16.2. The lowest BCUT2D eigenvalue weighted by atomic mass is 10.2. The molecule has 0 aromatic heterocycles. The number of anilines is 2. The Morgan fingerprint density at radius 1 is 1.19 bits per heavy atom. The van der Waals surface area contributed by atoms with E-state index in [1.165, 1.54) is 19.2 Å². The van der Waals surface area contributed by atoms with Crippen LogP contribution in [0.15, 0.2) is 18.2 Å². The monoisotopic (exact) mass is 313 g/mol. The Labute approximate surface area is 130 Å². The number of piperazine rings is 1. The molecule has 0 spiro atoms. The fourth-order valence-corrected chi connectivity index (χ4v) is 2.87. The molecule has 1 fully saturated rings. The smallest absolute Gasteiger partial charge is 0.143 e. The highest BCUT2D eigenvalue weighted by molar-refractivity contribution is 7.94. The van der Waals surface area contributed by atoms with E-state index in [2.05, 4.69) is 20.8 Å². The van der Waals surface area contributed by atoms with Crippen LogP contribution in [-0.2, 0) is 9.22 Å². The van der Waals surface area contributed by atoms with Crippen molar-refractivity contribution >= 4 is 23.4 Å². The first-order valence-corrected chi connectivity index (χ1v) is 7.88. The molecule has 2 N–H and O–H groups in total. The summed E-state index contributed by atoms with van der Waals surface area (Å²) in [5.74, 6) is 1.65. The maximum absolute atomic E-state index is 5.85. The van der Waals surface area contributed by atoms with Gasteiger partial charge in [0.05, 0.1) is 19.9 Å². The fraction of sp³-hybridized carbons (Fsp3) is 0.571. The Kier molecular flexibility index (Phi) is 6.44. The highest BCUT2D eigenvalue weighted by Crippen LogP contribution is 2.28. The van der Waals surface area contributed by atoms with Gasteiger partial charge in [0.1, 0.15) is 5.75 Å². The summed E-state index contributed by atoms with van der Waals surface area (Å²) in [6.07, 6.45) is 0. The number of nitrogens with zero attached hydrogens (tertiary/aromatic N) is 2. The van der Waals surface area contributed by atoms with Crippen LogP contribution < -0.4 is 15.4 Å². The largest absolute Gasteiger partial charge is 0.495 e. The van der Waals surface area contributed by atoms with Gasteiger partial charge in [-0.2, -0.15) is 4.33 Å². The minimum atomic E-state index is 0.676. The number of rotatable bonds is 7. The van der Waals surface area contributed by atoms with Crippen molar-refractivity contribution in [3.63, 3.8) is 0 Å². The minimum Gasteiger partial charge on any atom is -0.495 e. The van der Waals surface area contributed by atoms with Gasteiger partial charge in [-0.3, -0.25) is 4.90 Å². The van der Waals surface area contributed by atoms with Crippen molar-refractivity contribution in [1.82, 2.24) is 4.90 Å². The summed E-state index contributed by atoms with van der Waals surface area (Å²) in [7, 11) is 3.17. The van der Waals surface area contributed by atoms with Gasteiger partial charge in [0, 0.05) is 62.3 Å². The second-order valence-corrected chi connectivity index (χ2v) is 5.59. The van der Waals surface area contributed by atoms with Gasteiger partial charge in [-0.1, -0.05) is 0 Å². The Morgan fingerprint density at radius 3 is 2.62 bits per heavy atom. The van der Waals surface area contributed by atoms with Crippen molar-refractivity contribution in [1.29, 1.82) is 0 Å². The molecular formula is C14H23N3O3S. The van der Waals surface area contributed by atoms with E-state index >= 15 is 0 Å². The standard InChI is InChI=1S/C14H23N3O3S/c1-18-14-11-12(3-4-13(14)15)17-7-5-16(6-8-17)9-10-21-20-19-2/h3-4,11H,5-10,15H2,1-2H3. The molecule has 0 saturated carbocycles. The van der Waals surface area contributed by atoms with E-state index in [1.807, 2.05) is 12.1 Å². The third kappa shape index (κ3) is 4.67. The number of hydrogen-bond acceptors (Lipinski definition) is 7. The minimum absolute atomic E-state index is 0.676. The molecule has 1 aliphatic rings. The molecule has 0 radical (unpaired) electrons. The van der Waals surface area contributed by atoms with Gasteiger partial charge >= 0.3 is 0 Å². The molecule has 1 aliphatic heterocycles. The molecule has 0 atom stereocenters. The van der Waals surface area contributed by atoms with Crippen molar-refractivity contribution in [3.05, 3.63) is 18.2 Å². The summed E-state index contributed by atoms with van der Waals surface area (Å²) in [6.45, 7) is 5.10. The number of hydrogen-bond donors (Lipinski definition) is 1. The second-order valence-electron chi connectivity index (χ2n) is 4.81. The molecule has 1 heterocycles. The van der Waals surface area contributed by atoms with Crippen LogP contribution in [0.4, 0.5) is 11.4 Å². The summed E-state index contributed by atoms with van der Waals surface area (Å²) in [5.41, 5.74) is 7.70. The average molecular weight is 313 g/mol. The fourth-order valence-electron chi connectivity index (χ4n) is 2.37. The van der Waals surface area contributed by atoms with Gasteiger partial charge < -0.3 is 15.4 Å². The molecule has 0 aliphatic carbocycles. The third-order valence-electron chi connectivity index (χ3n) is 3.56. The van der Waals surface area contributed by atoms with Crippen molar-refractivity contribution in [2.75, 3.05) is 63.3 Å². The molecule has 0 amide bonds. The number of methoxy groups -OCH3 is 1. The molecule has 1 aromatic carbocycles. The van der Waals surface area contributed by atoms with E-state index in [4.69, 9.17) is 14.8 Å². The number of nitrogens with two attached hydrogens (primary N) is 1. The zero-order valence-corrected chi connectivity index (χ0v) is 13.4. The Bertz CT molecular complexity index is 439. The Morgan fingerprint density at radius 2 is 1.95 bits per heavy atom. The van der Waals surface area contributed by atoms with E-state index < -0.39 is 0 Å². The number of ether oxygens (including phenoxy) is 1. The third-order valence-corrected chi connectivity index (χ3v) is 4.14. The van der Waals surface area contributed by atoms with E-state index in [-0.39, 0.29) is 0 Å². The molecule has 7 heteroatoms. The van der Waals surface area contributed by atoms with E-state index in [0.717, 1.165) is 49.9 Å². The molecule has 21 heavy (non-hydrogen) atoms. The van der Waals surface area contributed by atoms with Gasteiger partial charge in [-0.25, -0.2) is 4.89 Å². The molecule has 2 rings (SSSR count). The lowest BCUT2D eigenvalue weighted by molar-refractivity contribution is -0.160. The van der Waals surface area contributed by atoms with Crippen LogP contribution in [0.5, 0.6) is 5.75 Å². The predicted molar refractivity (Wildman–Crippen MR) is 86.6 cm³/mol. The molecule has 0 unspecified atom stereocenters. The first-order valence-electron chi connectivity index (χ1n) is 6.97. The molecule has 0 bridgehead atoms. The topological polar surface area (TPSA) is 60.2 Å². The van der Waals surface area contributed by atoms with Gasteiger partial charge in [0.2, 0.25) is 0 Å². The van der Waals surface area contributed by atoms with Gasteiger partial charge in [0.15, 0.2) is 0 Å². The number of benzene rings is 1. The van der Waals surface area contributed by atoms with Crippen molar-refractivity contribution in [2.24, 2.45) is 0 Å². The second kappa shape index (κ2) is 8.33. The molecule has 1 saturated heterocycles. The lowest BCUT2D eigenvalue weighted by Crippen LogP contribution is -2.47. The molecule has 118 valence electrons. The molecule has 1 aromatic rings. The SMILES string of the molecule is COOSCCN1CCN(c2ccc(N)c(OC)c2)CC1. The zero-order valence-electron chi connectivity index (χ0n) is 12.6. The number of nitrogen functional groups attached to an aromatic ring is 1. The summed E-state index contributed by atoms with van der Waals surface area (Å²) in [5, 5.41) is 0. The van der Waals surface area contributed by atoms with Crippen molar-refractivity contribution in [3.8, 4) is 5.75 Å². The Hall–Kier alpha value is -1.15. The summed E-state index contributed by atoms with van der Waals surface area (Å²) in [6, 6.07) is 5.96. The predicted octanol–water partition coefficient (Wildman–Crippen LogP) is 1.63. The van der Waals surface area contributed by atoms with Crippen LogP contribution in [0.2, 0.25) is 0 Å². The van der Waals surface area contributed by atoms with Gasteiger partial charge in [-0.05, 0) is 12.1 Å². The molecule has 6 nitrogen and oxygen atoms in total. The van der Waals surface area contributed by atoms with Crippen LogP contribution in [0, 0.1) is 0 Å². The summed E-state index contributed by atoms with van der Waals surface area (Å²) >= 11 is 1.34. The first-order chi connectivity index (χ1) is 10.2. The Balaban J connectivity index is 1.81. The maximum Gasteiger partial charge on any atom is 0.143 e.